The van der Waals surface area contributed by atoms with Gasteiger partial charge in [0.15, 0.2) is 11.4 Å². The summed E-state index contributed by atoms with van der Waals surface area (Å²) >= 11 is 0. The van der Waals surface area contributed by atoms with Crippen LogP contribution in [0.4, 0.5) is 17.1 Å². The molecular weight excluding hydrogens is 408 g/mol. The van der Waals surface area contributed by atoms with Gasteiger partial charge in [0.25, 0.3) is 11.6 Å². The number of non-ortho nitro benzene ring substituents is 1. The molecule has 0 unspecified atom stereocenters. The molecule has 0 radical (unpaired) electrons. The molecule has 0 atom stereocenters. The third-order valence-electron chi connectivity index (χ3n) is 3.37. The topological polar surface area (TPSA) is 195 Å². The maximum absolute atomic E-state index is 12.3. The van der Waals surface area contributed by atoms with E-state index in [0.717, 1.165) is 6.92 Å². The van der Waals surface area contributed by atoms with E-state index in [9.17, 15) is 38.1 Å². The first kappa shape index (κ1) is 21.5. The van der Waals surface area contributed by atoms with Crippen LogP contribution < -0.4 is 5.32 Å². The molecule has 0 spiro atoms. The monoisotopic (exact) mass is 421 g/mol. The van der Waals surface area contributed by atoms with Crippen LogP contribution in [0.5, 0.6) is 5.75 Å². The highest BCUT2D eigenvalue weighted by Gasteiger charge is 2.21. The summed E-state index contributed by atoms with van der Waals surface area (Å²) in [5, 5.41) is 39.8. The van der Waals surface area contributed by atoms with Crippen LogP contribution in [0, 0.1) is 10.1 Å². The molecule has 0 saturated carbocycles. The maximum atomic E-state index is 12.3. The van der Waals surface area contributed by atoms with Crippen molar-refractivity contribution in [1.82, 2.24) is 0 Å². The number of phenols is 1. The van der Waals surface area contributed by atoms with Crippen LogP contribution in [0.25, 0.3) is 0 Å². The summed E-state index contributed by atoms with van der Waals surface area (Å²) < 4.78 is 33.6. The largest absolute Gasteiger partial charge is 0.744 e. The molecule has 0 heterocycles. The molecule has 13 heteroatoms. The number of phenolic OH excluding ortho intramolecular Hbond substituents is 1. The van der Waals surface area contributed by atoms with Gasteiger partial charge in [-0.1, -0.05) is 18.2 Å². The van der Waals surface area contributed by atoms with Gasteiger partial charge >= 0.3 is 0 Å². The minimum absolute atomic E-state index is 0.365. The number of allylic oxidation sites excluding steroid dienone is 1. The van der Waals surface area contributed by atoms with Crippen molar-refractivity contribution in [3.63, 3.8) is 0 Å². The molecule has 29 heavy (non-hydrogen) atoms. The summed E-state index contributed by atoms with van der Waals surface area (Å²) in [6.45, 7) is 1.11. The predicted molar refractivity (Wildman–Crippen MR) is 97.6 cm³/mol. The maximum Gasteiger partial charge on any atom is 0.279 e. The van der Waals surface area contributed by atoms with E-state index in [4.69, 9.17) is 0 Å². The Morgan fingerprint density at radius 2 is 1.83 bits per heavy atom. The highest BCUT2D eigenvalue weighted by molar-refractivity contribution is 7.85. The van der Waals surface area contributed by atoms with E-state index in [1.165, 1.54) is 0 Å². The van der Waals surface area contributed by atoms with Crippen LogP contribution >= 0.6 is 0 Å². The zero-order valence-corrected chi connectivity index (χ0v) is 15.5. The summed E-state index contributed by atoms with van der Waals surface area (Å²) in [4.78, 5) is 20.9. The van der Waals surface area contributed by atoms with Crippen LogP contribution in [0.2, 0.25) is 0 Å². The standard InChI is InChI=1S/C16H14N4O8S/c1-9(21)14(16(23)17-10-5-3-2-4-6-10)19-18-12-7-11(20(24)25)8-13(15(12)22)29(26,27)28/h2-8,21-22H,1H3,(H,17,23)(H,26,27,28)/p-1. The van der Waals surface area contributed by atoms with E-state index in [2.05, 4.69) is 15.5 Å². The van der Waals surface area contributed by atoms with Crippen molar-refractivity contribution < 1.29 is 32.9 Å². The van der Waals surface area contributed by atoms with Gasteiger partial charge in [-0.05, 0) is 19.1 Å². The molecule has 0 aliphatic heterocycles. The van der Waals surface area contributed by atoms with Gasteiger partial charge < -0.3 is 20.1 Å². The number of nitro benzene ring substituents is 1. The summed E-state index contributed by atoms with van der Waals surface area (Å²) in [6.07, 6.45) is 0. The van der Waals surface area contributed by atoms with Crippen molar-refractivity contribution in [1.29, 1.82) is 0 Å². The Bertz CT molecular complexity index is 1120. The van der Waals surface area contributed by atoms with Crippen LogP contribution in [-0.2, 0) is 14.9 Å². The van der Waals surface area contributed by atoms with Crippen molar-refractivity contribution >= 4 is 33.1 Å². The van der Waals surface area contributed by atoms with Gasteiger partial charge in [-0.3, -0.25) is 14.9 Å². The lowest BCUT2D eigenvalue weighted by atomic mass is 10.2. The molecule has 0 aromatic heterocycles. The Morgan fingerprint density at radius 1 is 1.21 bits per heavy atom. The zero-order chi connectivity index (χ0) is 21.8. The van der Waals surface area contributed by atoms with E-state index in [-0.39, 0.29) is 0 Å². The summed E-state index contributed by atoms with van der Waals surface area (Å²) in [5.74, 6) is -2.67. The number of aromatic hydroxyl groups is 1. The first-order chi connectivity index (χ1) is 13.5. The molecule has 1 amide bonds. The number of rotatable bonds is 6. The molecule has 0 bridgehead atoms. The third-order valence-corrected chi connectivity index (χ3v) is 4.22. The highest BCUT2D eigenvalue weighted by atomic mass is 32.2. The van der Waals surface area contributed by atoms with Crippen molar-refractivity contribution in [2.24, 2.45) is 10.2 Å². The molecule has 3 N–H and O–H groups in total. The summed E-state index contributed by atoms with van der Waals surface area (Å²) in [7, 11) is -5.27. The molecule has 2 aromatic rings. The van der Waals surface area contributed by atoms with Crippen LogP contribution in [0.1, 0.15) is 6.92 Å². The Labute approximate surface area is 163 Å². The molecule has 0 aliphatic rings. The smallest absolute Gasteiger partial charge is 0.279 e. The SMILES string of the molecule is CC(O)=C(N=Nc1cc([N+](=O)[O-])cc(S(=O)(=O)[O-])c1O)C(=O)Nc1ccccc1. The quantitative estimate of drug-likeness (QED) is 0.158. The molecule has 152 valence electrons. The Morgan fingerprint density at radius 3 is 2.34 bits per heavy atom. The second kappa shape index (κ2) is 8.45. The number of anilines is 1. The van der Waals surface area contributed by atoms with Gasteiger partial charge in [0.2, 0.25) is 0 Å². The van der Waals surface area contributed by atoms with Crippen molar-refractivity contribution in [2.75, 3.05) is 5.32 Å². The van der Waals surface area contributed by atoms with Crippen molar-refractivity contribution in [3.8, 4) is 5.75 Å². The number of carbonyl (C=O) groups is 1. The second-order valence-electron chi connectivity index (χ2n) is 5.48. The number of para-hydroxylation sites is 1. The lowest BCUT2D eigenvalue weighted by molar-refractivity contribution is -0.385. The number of amides is 1. The average molecular weight is 421 g/mol. The number of hydrogen-bond acceptors (Lipinski definition) is 10. The normalized spacial score (nSPS) is 12.5. The molecule has 2 aromatic carbocycles. The number of nitro groups is 1. The van der Waals surface area contributed by atoms with Gasteiger partial charge in [-0.15, -0.1) is 10.2 Å². The summed E-state index contributed by atoms with van der Waals surface area (Å²) in [6, 6.07) is 9.10. The molecule has 12 nitrogen and oxygen atoms in total. The van der Waals surface area contributed by atoms with Crippen molar-refractivity contribution in [2.45, 2.75) is 11.8 Å². The van der Waals surface area contributed by atoms with Crippen molar-refractivity contribution in [3.05, 3.63) is 64.0 Å². The Hall–Kier alpha value is -3.84. The third kappa shape index (κ3) is 5.33. The van der Waals surface area contributed by atoms with Crippen LogP contribution in [-0.4, -0.2) is 34.0 Å². The number of benzene rings is 2. The predicted octanol–water partition coefficient (Wildman–Crippen LogP) is 2.72. The second-order valence-corrected chi connectivity index (χ2v) is 6.83. The first-order valence-electron chi connectivity index (χ1n) is 7.66. The minimum atomic E-state index is -5.27. The van der Waals surface area contributed by atoms with Crippen LogP contribution in [0.15, 0.2) is 69.0 Å². The summed E-state index contributed by atoms with van der Waals surface area (Å²) in [5.41, 5.74) is -1.87. The lowest BCUT2D eigenvalue weighted by Crippen LogP contribution is -2.14. The van der Waals surface area contributed by atoms with Gasteiger partial charge in [-0.25, -0.2) is 8.42 Å². The molecule has 0 saturated heterocycles. The van der Waals surface area contributed by atoms with E-state index >= 15 is 0 Å². The van der Waals surface area contributed by atoms with Gasteiger partial charge in [-0.2, -0.15) is 0 Å². The Kier molecular flexibility index (Phi) is 6.25. The number of azo groups is 1. The van der Waals surface area contributed by atoms with Gasteiger partial charge in [0.1, 0.15) is 26.5 Å². The Balaban J connectivity index is 2.47. The molecule has 0 aliphatic carbocycles. The van der Waals surface area contributed by atoms with E-state index in [1.807, 2.05) is 0 Å². The molecular formula is C16H13N4O8S-. The average Bonchev–Trinajstić information content (AvgIpc) is 2.62. The fourth-order valence-corrected chi connectivity index (χ4v) is 2.66. The molecule has 2 rings (SSSR count). The highest BCUT2D eigenvalue weighted by Crippen LogP contribution is 2.38. The fraction of sp³-hybridized carbons (Fsp3) is 0.0625. The number of carbonyl (C=O) groups excluding carboxylic acids is 1. The van der Waals surface area contributed by atoms with E-state index in [1.54, 1.807) is 30.3 Å². The van der Waals surface area contributed by atoms with Gasteiger partial charge in [0, 0.05) is 17.8 Å². The number of nitrogens with zero attached hydrogens (tertiary/aromatic N) is 3. The van der Waals surface area contributed by atoms with Crippen LogP contribution in [0.3, 0.4) is 0 Å². The number of aliphatic hydroxyl groups is 1. The van der Waals surface area contributed by atoms with Gasteiger partial charge in [0.05, 0.1) is 4.92 Å². The zero-order valence-electron chi connectivity index (χ0n) is 14.6. The number of aliphatic hydroxyl groups excluding tert-OH is 1. The first-order valence-corrected chi connectivity index (χ1v) is 9.07. The number of nitrogens with one attached hydrogen (secondary N) is 1. The minimum Gasteiger partial charge on any atom is -0.744 e. The number of hydrogen-bond donors (Lipinski definition) is 3. The lowest BCUT2D eigenvalue weighted by Gasteiger charge is -2.10. The van der Waals surface area contributed by atoms with E-state index < -0.39 is 54.4 Å². The fourth-order valence-electron chi connectivity index (χ4n) is 2.05. The van der Waals surface area contributed by atoms with E-state index in [0.29, 0.717) is 17.8 Å². The molecule has 0 fully saturated rings.